The second-order valence-corrected chi connectivity index (χ2v) is 8.10. The van der Waals surface area contributed by atoms with Gasteiger partial charge in [-0.15, -0.1) is 5.10 Å². The van der Waals surface area contributed by atoms with Crippen molar-refractivity contribution in [1.82, 2.24) is 30.0 Å². The van der Waals surface area contributed by atoms with Crippen molar-refractivity contribution >= 4 is 0 Å². The highest BCUT2D eigenvalue weighted by molar-refractivity contribution is 5.44. The Morgan fingerprint density at radius 2 is 1.71 bits per heavy atom. The number of ether oxygens (including phenoxy) is 2. The predicted octanol–water partition coefficient (Wildman–Crippen LogP) is 2.72. The monoisotopic (exact) mass is 420 g/mol. The van der Waals surface area contributed by atoms with Gasteiger partial charge in [-0.2, -0.15) is 0 Å². The van der Waals surface area contributed by atoms with E-state index < -0.39 is 0 Å². The first kappa shape index (κ1) is 20.0. The summed E-state index contributed by atoms with van der Waals surface area (Å²) in [6.45, 7) is 8.25. The number of nitrogens with zero attached hydrogens (tertiary/aromatic N) is 6. The van der Waals surface area contributed by atoms with Gasteiger partial charge >= 0.3 is 0 Å². The Kier molecular flexibility index (Phi) is 5.82. The molecular formula is C23H28N6O2. The third-order valence-corrected chi connectivity index (χ3v) is 6.11. The molecule has 2 aliphatic rings. The average Bonchev–Trinajstić information content (AvgIpc) is 3.46. The SMILES string of the molecule is CCC(c1nnnn1Cc1ccc2c(c1)OCO2)N1CCN(Cc2ccccc2)CC1. The van der Waals surface area contributed by atoms with Crippen molar-refractivity contribution in [3.05, 3.63) is 65.5 Å². The number of benzene rings is 2. The van der Waals surface area contributed by atoms with E-state index in [1.807, 2.05) is 22.9 Å². The van der Waals surface area contributed by atoms with Crippen LogP contribution in [0.2, 0.25) is 0 Å². The molecule has 3 aromatic rings. The summed E-state index contributed by atoms with van der Waals surface area (Å²) < 4.78 is 12.8. The minimum Gasteiger partial charge on any atom is -0.454 e. The minimum absolute atomic E-state index is 0.211. The van der Waals surface area contributed by atoms with E-state index in [1.165, 1.54) is 5.56 Å². The molecule has 0 N–H and O–H groups in total. The van der Waals surface area contributed by atoms with E-state index in [4.69, 9.17) is 9.47 Å². The molecule has 0 radical (unpaired) electrons. The third kappa shape index (κ3) is 4.40. The highest BCUT2D eigenvalue weighted by Gasteiger charge is 2.28. The summed E-state index contributed by atoms with van der Waals surface area (Å²) in [4.78, 5) is 5.04. The second-order valence-electron chi connectivity index (χ2n) is 8.10. The standard InChI is InChI=1S/C23H28N6O2/c1-2-20(28-12-10-27(11-13-28)15-18-6-4-3-5-7-18)23-24-25-26-29(23)16-19-8-9-21-22(14-19)31-17-30-21/h3-9,14,20H,2,10-13,15-17H2,1H3. The molecule has 3 heterocycles. The van der Waals surface area contributed by atoms with Crippen LogP contribution in [-0.2, 0) is 13.1 Å². The summed E-state index contributed by atoms with van der Waals surface area (Å²) in [7, 11) is 0. The van der Waals surface area contributed by atoms with Gasteiger partial charge < -0.3 is 9.47 Å². The summed E-state index contributed by atoms with van der Waals surface area (Å²) >= 11 is 0. The highest BCUT2D eigenvalue weighted by atomic mass is 16.7. The fraction of sp³-hybridized carbons (Fsp3) is 0.435. The van der Waals surface area contributed by atoms with Gasteiger partial charge in [-0.25, -0.2) is 4.68 Å². The zero-order valence-electron chi connectivity index (χ0n) is 17.9. The van der Waals surface area contributed by atoms with Crippen LogP contribution in [0.3, 0.4) is 0 Å². The normalized spacial score (nSPS) is 17.7. The Labute approximate surface area is 182 Å². The lowest BCUT2D eigenvalue weighted by Gasteiger charge is -2.38. The van der Waals surface area contributed by atoms with Gasteiger partial charge in [0.2, 0.25) is 6.79 Å². The van der Waals surface area contributed by atoms with Crippen molar-refractivity contribution < 1.29 is 9.47 Å². The number of piperazine rings is 1. The number of rotatable bonds is 7. The molecule has 1 fully saturated rings. The van der Waals surface area contributed by atoms with Crippen LogP contribution >= 0.6 is 0 Å². The van der Waals surface area contributed by atoms with Gasteiger partial charge in [0.15, 0.2) is 17.3 Å². The van der Waals surface area contributed by atoms with Crippen molar-refractivity contribution in [3.8, 4) is 11.5 Å². The molecular weight excluding hydrogens is 392 g/mol. The molecule has 2 aliphatic heterocycles. The van der Waals surface area contributed by atoms with Gasteiger partial charge in [0.25, 0.3) is 0 Å². The number of fused-ring (bicyclic) bond motifs is 1. The number of tetrazole rings is 1. The molecule has 5 rings (SSSR count). The Morgan fingerprint density at radius 1 is 0.903 bits per heavy atom. The van der Waals surface area contributed by atoms with Gasteiger partial charge in [0.1, 0.15) is 0 Å². The summed E-state index contributed by atoms with van der Waals surface area (Å²) in [6, 6.07) is 16.9. The fourth-order valence-corrected chi connectivity index (χ4v) is 4.45. The van der Waals surface area contributed by atoms with E-state index in [9.17, 15) is 0 Å². The maximum Gasteiger partial charge on any atom is 0.231 e. The Hall–Kier alpha value is -2.97. The van der Waals surface area contributed by atoms with Crippen molar-refractivity contribution in [3.63, 3.8) is 0 Å². The smallest absolute Gasteiger partial charge is 0.231 e. The van der Waals surface area contributed by atoms with Crippen LogP contribution in [0.15, 0.2) is 48.5 Å². The maximum absolute atomic E-state index is 5.51. The summed E-state index contributed by atoms with van der Waals surface area (Å²) in [6.07, 6.45) is 0.972. The molecule has 162 valence electrons. The first-order chi connectivity index (χ1) is 15.3. The van der Waals surface area contributed by atoms with Gasteiger partial charge in [-0.1, -0.05) is 43.3 Å². The van der Waals surface area contributed by atoms with Crippen molar-refractivity contribution in [2.75, 3.05) is 33.0 Å². The second kappa shape index (κ2) is 9.03. The zero-order chi connectivity index (χ0) is 21.0. The quantitative estimate of drug-likeness (QED) is 0.582. The summed E-state index contributed by atoms with van der Waals surface area (Å²) in [5.41, 5.74) is 2.47. The highest BCUT2D eigenvalue weighted by Crippen LogP contribution is 2.33. The molecule has 0 bridgehead atoms. The molecule has 1 atom stereocenters. The largest absolute Gasteiger partial charge is 0.454 e. The minimum atomic E-state index is 0.211. The van der Waals surface area contributed by atoms with Crippen LogP contribution in [0.5, 0.6) is 11.5 Å². The molecule has 8 nitrogen and oxygen atoms in total. The molecule has 0 spiro atoms. The van der Waals surface area contributed by atoms with E-state index in [2.05, 4.69) is 62.6 Å². The van der Waals surface area contributed by atoms with Crippen LogP contribution in [0, 0.1) is 0 Å². The Bertz CT molecular complexity index is 1000. The first-order valence-electron chi connectivity index (χ1n) is 10.9. The Balaban J connectivity index is 1.24. The lowest BCUT2D eigenvalue weighted by Crippen LogP contribution is -2.47. The van der Waals surface area contributed by atoms with Crippen LogP contribution in [0.4, 0.5) is 0 Å². The van der Waals surface area contributed by atoms with Crippen LogP contribution < -0.4 is 9.47 Å². The van der Waals surface area contributed by atoms with E-state index in [0.717, 1.165) is 62.0 Å². The topological polar surface area (TPSA) is 68.5 Å². The van der Waals surface area contributed by atoms with Crippen molar-refractivity contribution in [1.29, 1.82) is 0 Å². The third-order valence-electron chi connectivity index (χ3n) is 6.11. The van der Waals surface area contributed by atoms with E-state index in [0.29, 0.717) is 6.54 Å². The molecule has 1 aromatic heterocycles. The van der Waals surface area contributed by atoms with Crippen molar-refractivity contribution in [2.45, 2.75) is 32.5 Å². The number of aromatic nitrogens is 4. The molecule has 1 saturated heterocycles. The molecule has 2 aromatic carbocycles. The Morgan fingerprint density at radius 3 is 2.52 bits per heavy atom. The average molecular weight is 421 g/mol. The zero-order valence-corrected chi connectivity index (χ0v) is 17.9. The molecule has 8 heteroatoms. The predicted molar refractivity (Wildman–Crippen MR) is 116 cm³/mol. The molecule has 0 amide bonds. The molecule has 0 aliphatic carbocycles. The number of hydrogen-bond acceptors (Lipinski definition) is 7. The lowest BCUT2D eigenvalue weighted by molar-refractivity contribution is 0.0844. The molecule has 1 unspecified atom stereocenters. The van der Waals surface area contributed by atoms with Gasteiger partial charge in [0, 0.05) is 32.7 Å². The van der Waals surface area contributed by atoms with E-state index >= 15 is 0 Å². The van der Waals surface area contributed by atoms with Crippen molar-refractivity contribution in [2.24, 2.45) is 0 Å². The van der Waals surface area contributed by atoms with Crippen LogP contribution in [-0.4, -0.2) is 63.0 Å². The van der Waals surface area contributed by atoms with Gasteiger partial charge in [-0.3, -0.25) is 9.80 Å². The summed E-state index contributed by atoms with van der Waals surface area (Å²) in [5.74, 6) is 2.51. The van der Waals surface area contributed by atoms with Crippen LogP contribution in [0.1, 0.15) is 36.3 Å². The van der Waals surface area contributed by atoms with Crippen LogP contribution in [0.25, 0.3) is 0 Å². The fourth-order valence-electron chi connectivity index (χ4n) is 4.45. The first-order valence-corrected chi connectivity index (χ1v) is 10.9. The lowest BCUT2D eigenvalue weighted by atomic mass is 10.1. The van der Waals surface area contributed by atoms with E-state index in [-0.39, 0.29) is 12.8 Å². The molecule has 0 saturated carbocycles. The van der Waals surface area contributed by atoms with Gasteiger partial charge in [0.05, 0.1) is 12.6 Å². The maximum atomic E-state index is 5.51. The van der Waals surface area contributed by atoms with Gasteiger partial charge in [-0.05, 0) is 40.1 Å². The molecule has 31 heavy (non-hydrogen) atoms. The summed E-state index contributed by atoms with van der Waals surface area (Å²) in [5, 5.41) is 12.7. The number of hydrogen-bond donors (Lipinski definition) is 0. The van der Waals surface area contributed by atoms with E-state index in [1.54, 1.807) is 0 Å².